The monoisotopic (exact) mass is 312 g/mol. The van der Waals surface area contributed by atoms with E-state index in [0.29, 0.717) is 0 Å². The van der Waals surface area contributed by atoms with Gasteiger partial charge >= 0.3 is 6.18 Å². The maximum atomic E-state index is 12.7. The van der Waals surface area contributed by atoms with Gasteiger partial charge in [0.25, 0.3) is 26.0 Å². The van der Waals surface area contributed by atoms with E-state index in [1.165, 1.54) is 0 Å². The van der Waals surface area contributed by atoms with Crippen LogP contribution in [0.5, 0.6) is 0 Å². The van der Waals surface area contributed by atoms with E-state index < -0.39 is 43.7 Å². The van der Waals surface area contributed by atoms with Crippen molar-refractivity contribution < 1.29 is 38.4 Å². The molecule has 0 aliphatic carbocycles. The molecule has 6 nitrogen and oxygen atoms in total. The molecule has 18 heavy (non-hydrogen) atoms. The summed E-state index contributed by atoms with van der Waals surface area (Å²) in [5, 5.41) is 0. The lowest BCUT2D eigenvalue weighted by Crippen LogP contribution is -2.50. The van der Waals surface area contributed by atoms with E-state index in [-0.39, 0.29) is 19.8 Å². The van der Waals surface area contributed by atoms with Gasteiger partial charge in [-0.25, -0.2) is 8.37 Å². The molecule has 1 aliphatic rings. The number of rotatable bonds is 0. The highest BCUT2D eigenvalue weighted by atomic mass is 32.2. The van der Waals surface area contributed by atoms with E-state index in [1.807, 2.05) is 0 Å². The average molecular weight is 312 g/mol. The normalized spacial score (nSPS) is 27.8. The predicted molar refractivity (Wildman–Crippen MR) is 53.4 cm³/mol. The quantitative estimate of drug-likeness (QED) is 0.614. The zero-order valence-corrected chi connectivity index (χ0v) is 10.9. The van der Waals surface area contributed by atoms with Crippen molar-refractivity contribution in [3.05, 3.63) is 0 Å². The van der Waals surface area contributed by atoms with Crippen LogP contribution in [0.1, 0.15) is 19.8 Å². The minimum absolute atomic E-state index is 0.126. The summed E-state index contributed by atoms with van der Waals surface area (Å²) in [5.41, 5.74) is 0. The Bertz CT molecular complexity index is 468. The minimum atomic E-state index is -5.31. The van der Waals surface area contributed by atoms with Crippen LogP contribution in [0.15, 0.2) is 0 Å². The molecule has 0 atom stereocenters. The van der Waals surface area contributed by atoms with Gasteiger partial charge in [-0.3, -0.25) is 0 Å². The lowest BCUT2D eigenvalue weighted by atomic mass is 10.3. The Labute approximate surface area is 102 Å². The van der Waals surface area contributed by atoms with Crippen molar-refractivity contribution in [2.45, 2.75) is 31.7 Å². The highest BCUT2D eigenvalue weighted by Crippen LogP contribution is 2.38. The number of alkyl halides is 3. The standard InChI is InChI=1S/C7H11F3O6S2/c1-6(7(8,9)10)15-17(11,12)4-2-3-5-18(13,14)16-6/h2-5H2,1H3. The molecular formula is C7H11F3O6S2. The van der Waals surface area contributed by atoms with Crippen LogP contribution < -0.4 is 0 Å². The Kier molecular flexibility index (Phi) is 4.02. The fourth-order valence-corrected chi connectivity index (χ4v) is 3.79. The lowest BCUT2D eigenvalue weighted by molar-refractivity contribution is -0.311. The van der Waals surface area contributed by atoms with E-state index in [9.17, 15) is 30.0 Å². The van der Waals surface area contributed by atoms with Crippen LogP contribution in [0.25, 0.3) is 0 Å². The molecule has 0 aromatic heterocycles. The molecule has 1 heterocycles. The summed E-state index contributed by atoms with van der Waals surface area (Å²) in [6.07, 6.45) is -5.56. The Morgan fingerprint density at radius 2 is 1.28 bits per heavy atom. The van der Waals surface area contributed by atoms with Gasteiger partial charge in [-0.1, -0.05) is 0 Å². The van der Waals surface area contributed by atoms with Crippen molar-refractivity contribution in [1.82, 2.24) is 0 Å². The zero-order chi connectivity index (χ0) is 14.2. The predicted octanol–water partition coefficient (Wildman–Crippen LogP) is 0.752. The fraction of sp³-hybridized carbons (Fsp3) is 1.00. The highest BCUT2D eigenvalue weighted by Gasteiger charge is 2.59. The van der Waals surface area contributed by atoms with Gasteiger partial charge in [0.05, 0.1) is 11.5 Å². The molecule has 0 N–H and O–H groups in total. The fourth-order valence-electron chi connectivity index (χ4n) is 1.23. The first-order chi connectivity index (χ1) is 7.87. The van der Waals surface area contributed by atoms with E-state index in [2.05, 4.69) is 8.37 Å². The van der Waals surface area contributed by atoms with Crippen molar-refractivity contribution in [1.29, 1.82) is 0 Å². The summed E-state index contributed by atoms with van der Waals surface area (Å²) in [4.78, 5) is 0. The van der Waals surface area contributed by atoms with Gasteiger partial charge in [0.15, 0.2) is 0 Å². The van der Waals surface area contributed by atoms with Gasteiger partial charge in [0, 0.05) is 6.92 Å². The van der Waals surface area contributed by atoms with E-state index >= 15 is 0 Å². The summed E-state index contributed by atoms with van der Waals surface area (Å²) >= 11 is 0. The van der Waals surface area contributed by atoms with Crippen LogP contribution in [-0.2, 0) is 28.6 Å². The molecule has 108 valence electrons. The van der Waals surface area contributed by atoms with Crippen molar-refractivity contribution >= 4 is 20.2 Å². The molecule has 0 aromatic rings. The van der Waals surface area contributed by atoms with Crippen molar-refractivity contribution in [2.75, 3.05) is 11.5 Å². The Balaban J connectivity index is 3.25. The summed E-state index contributed by atoms with van der Waals surface area (Å²) < 4.78 is 90.8. The molecule has 0 radical (unpaired) electrons. The second-order valence-electron chi connectivity index (χ2n) is 3.84. The third-order valence-corrected chi connectivity index (χ3v) is 4.85. The first-order valence-electron chi connectivity index (χ1n) is 4.80. The van der Waals surface area contributed by atoms with Crippen LogP contribution in [-0.4, -0.2) is 40.3 Å². The summed E-state index contributed by atoms with van der Waals surface area (Å²) in [6, 6.07) is 0. The summed E-state index contributed by atoms with van der Waals surface area (Å²) in [6.45, 7) is 0.216. The minimum Gasteiger partial charge on any atom is -0.224 e. The zero-order valence-electron chi connectivity index (χ0n) is 9.23. The second kappa shape index (κ2) is 4.62. The first-order valence-corrected chi connectivity index (χ1v) is 7.96. The average Bonchev–Trinajstić information content (AvgIpc) is 2.11. The van der Waals surface area contributed by atoms with E-state index in [1.54, 1.807) is 0 Å². The molecule has 0 spiro atoms. The lowest BCUT2D eigenvalue weighted by Gasteiger charge is -2.29. The van der Waals surface area contributed by atoms with Crippen molar-refractivity contribution in [2.24, 2.45) is 0 Å². The van der Waals surface area contributed by atoms with Crippen LogP contribution >= 0.6 is 0 Å². The summed E-state index contributed by atoms with van der Waals surface area (Å²) in [7, 11) is -9.03. The molecular weight excluding hydrogens is 301 g/mol. The second-order valence-corrected chi connectivity index (χ2v) is 7.22. The molecule has 1 saturated heterocycles. The molecule has 1 aliphatic heterocycles. The smallest absolute Gasteiger partial charge is 0.224 e. The van der Waals surface area contributed by atoms with Gasteiger partial charge in [-0.2, -0.15) is 30.0 Å². The Morgan fingerprint density at radius 1 is 0.944 bits per heavy atom. The van der Waals surface area contributed by atoms with Gasteiger partial charge in [0.1, 0.15) is 0 Å². The van der Waals surface area contributed by atoms with Gasteiger partial charge in [0.2, 0.25) is 0 Å². The number of hydrogen-bond donors (Lipinski definition) is 0. The van der Waals surface area contributed by atoms with Crippen LogP contribution in [0.2, 0.25) is 0 Å². The highest BCUT2D eigenvalue weighted by molar-refractivity contribution is 7.87. The Morgan fingerprint density at radius 3 is 1.56 bits per heavy atom. The summed E-state index contributed by atoms with van der Waals surface area (Å²) in [5.74, 6) is -5.12. The van der Waals surface area contributed by atoms with Gasteiger partial charge < -0.3 is 0 Å². The number of halogens is 3. The molecule has 0 bridgehead atoms. The SMILES string of the molecule is CC1(C(F)(F)F)OS(=O)(=O)CCCCS(=O)(=O)O1. The van der Waals surface area contributed by atoms with Crippen molar-refractivity contribution in [3.63, 3.8) is 0 Å². The van der Waals surface area contributed by atoms with E-state index in [0.717, 1.165) is 0 Å². The molecule has 1 fully saturated rings. The van der Waals surface area contributed by atoms with Gasteiger partial charge in [-0.15, -0.1) is 0 Å². The van der Waals surface area contributed by atoms with Crippen molar-refractivity contribution in [3.8, 4) is 0 Å². The largest absolute Gasteiger partial charge is 0.445 e. The maximum Gasteiger partial charge on any atom is 0.445 e. The van der Waals surface area contributed by atoms with Gasteiger partial charge in [-0.05, 0) is 12.8 Å². The topological polar surface area (TPSA) is 86.7 Å². The first kappa shape index (κ1) is 15.7. The van der Waals surface area contributed by atoms with E-state index in [4.69, 9.17) is 0 Å². The maximum absolute atomic E-state index is 12.7. The molecule has 11 heteroatoms. The molecule has 0 aromatic carbocycles. The van der Waals surface area contributed by atoms with Crippen LogP contribution in [0.3, 0.4) is 0 Å². The van der Waals surface area contributed by atoms with Crippen LogP contribution in [0, 0.1) is 0 Å². The molecule has 0 saturated carbocycles. The molecule has 0 unspecified atom stereocenters. The molecule has 0 amide bonds. The third-order valence-electron chi connectivity index (χ3n) is 2.13. The number of hydrogen-bond acceptors (Lipinski definition) is 6. The third kappa shape index (κ3) is 3.80. The van der Waals surface area contributed by atoms with Crippen LogP contribution in [0.4, 0.5) is 13.2 Å². The molecule has 1 rings (SSSR count). The Hall–Kier alpha value is -0.390.